The van der Waals surface area contributed by atoms with Crippen LogP contribution in [0.15, 0.2) is 48.5 Å². The average Bonchev–Trinajstić information content (AvgIpc) is 2.65. The van der Waals surface area contributed by atoms with Crippen LogP contribution in [-0.2, 0) is 12.6 Å². The number of aryl methyl sites for hydroxylation is 1. The van der Waals surface area contributed by atoms with Gasteiger partial charge in [-0.15, -0.1) is 0 Å². The Hall–Kier alpha value is -2.50. The first-order chi connectivity index (χ1) is 12.8. The molecule has 1 N–H and O–H groups in total. The van der Waals surface area contributed by atoms with Crippen molar-refractivity contribution in [2.24, 2.45) is 5.92 Å². The van der Waals surface area contributed by atoms with Gasteiger partial charge in [-0.2, -0.15) is 13.2 Å². The molecule has 0 radical (unpaired) electrons. The molecule has 2 aromatic carbocycles. The predicted molar refractivity (Wildman–Crippen MR) is 96.5 cm³/mol. The number of piperidine rings is 1. The number of likely N-dealkylation sites (tertiary alicyclic amines) is 1. The van der Waals surface area contributed by atoms with Gasteiger partial charge in [-0.1, -0.05) is 24.3 Å². The van der Waals surface area contributed by atoms with Crippen molar-refractivity contribution >= 4 is 5.91 Å². The molecule has 3 nitrogen and oxygen atoms in total. The Morgan fingerprint density at radius 1 is 1.15 bits per heavy atom. The summed E-state index contributed by atoms with van der Waals surface area (Å²) in [5, 5.41) is 9.55. The summed E-state index contributed by atoms with van der Waals surface area (Å²) in [5.41, 5.74) is 0.160. The average molecular weight is 377 g/mol. The maximum Gasteiger partial charge on any atom is 0.416 e. The van der Waals surface area contributed by atoms with Crippen molar-refractivity contribution in [1.29, 1.82) is 0 Å². The molecule has 0 saturated carbocycles. The first kappa shape index (κ1) is 19.3. The fourth-order valence-corrected chi connectivity index (χ4v) is 3.68. The molecule has 1 aliphatic rings. The Balaban J connectivity index is 1.63. The molecule has 3 rings (SSSR count). The topological polar surface area (TPSA) is 40.5 Å². The first-order valence-corrected chi connectivity index (χ1v) is 9.08. The van der Waals surface area contributed by atoms with E-state index in [4.69, 9.17) is 0 Å². The summed E-state index contributed by atoms with van der Waals surface area (Å²) in [6.45, 7) is 1.16. The second-order valence-corrected chi connectivity index (χ2v) is 7.00. The number of phenolic OH excluding ortho intramolecular Hbond substituents is 1. The van der Waals surface area contributed by atoms with Gasteiger partial charge in [0.25, 0.3) is 5.91 Å². The lowest BCUT2D eigenvalue weighted by molar-refractivity contribution is -0.138. The van der Waals surface area contributed by atoms with Gasteiger partial charge in [-0.05, 0) is 61.4 Å². The van der Waals surface area contributed by atoms with Crippen LogP contribution in [-0.4, -0.2) is 29.0 Å². The van der Waals surface area contributed by atoms with Gasteiger partial charge in [-0.3, -0.25) is 4.79 Å². The number of alkyl halides is 3. The molecule has 0 bridgehead atoms. The number of nitrogens with zero attached hydrogens (tertiary/aromatic N) is 1. The summed E-state index contributed by atoms with van der Waals surface area (Å²) >= 11 is 0. The molecule has 27 heavy (non-hydrogen) atoms. The number of halogens is 3. The number of benzene rings is 2. The van der Waals surface area contributed by atoms with E-state index < -0.39 is 11.7 Å². The van der Waals surface area contributed by atoms with E-state index in [-0.39, 0.29) is 17.6 Å². The highest BCUT2D eigenvalue weighted by atomic mass is 19.4. The SMILES string of the molecule is O=C(c1cccc(O)c1)N1CCCC(CCc2ccccc2C(F)(F)F)C1. The van der Waals surface area contributed by atoms with E-state index in [0.29, 0.717) is 37.1 Å². The van der Waals surface area contributed by atoms with E-state index in [1.54, 1.807) is 23.1 Å². The van der Waals surface area contributed by atoms with Crippen molar-refractivity contribution in [2.45, 2.75) is 31.9 Å². The second-order valence-electron chi connectivity index (χ2n) is 7.00. The summed E-state index contributed by atoms with van der Waals surface area (Å²) in [6.07, 6.45) is -1.67. The number of amides is 1. The van der Waals surface area contributed by atoms with Crippen molar-refractivity contribution in [3.8, 4) is 5.75 Å². The molecule has 0 aromatic heterocycles. The highest BCUT2D eigenvalue weighted by molar-refractivity contribution is 5.94. The molecular weight excluding hydrogens is 355 g/mol. The Kier molecular flexibility index (Phi) is 5.73. The number of phenols is 1. The van der Waals surface area contributed by atoms with Gasteiger partial charge in [-0.25, -0.2) is 0 Å². The van der Waals surface area contributed by atoms with Gasteiger partial charge in [0.05, 0.1) is 5.56 Å². The molecule has 1 fully saturated rings. The Morgan fingerprint density at radius 2 is 1.93 bits per heavy atom. The molecule has 2 aromatic rings. The van der Waals surface area contributed by atoms with Crippen LogP contribution < -0.4 is 0 Å². The highest BCUT2D eigenvalue weighted by Gasteiger charge is 2.33. The predicted octanol–water partition coefficient (Wildman–Crippen LogP) is 4.90. The maximum atomic E-state index is 13.1. The lowest BCUT2D eigenvalue weighted by Crippen LogP contribution is -2.40. The van der Waals surface area contributed by atoms with Crippen molar-refractivity contribution in [2.75, 3.05) is 13.1 Å². The minimum Gasteiger partial charge on any atom is -0.508 e. The van der Waals surface area contributed by atoms with E-state index in [1.807, 2.05) is 0 Å². The highest BCUT2D eigenvalue weighted by Crippen LogP contribution is 2.33. The van der Waals surface area contributed by atoms with E-state index in [0.717, 1.165) is 18.9 Å². The Labute approximate surface area is 156 Å². The molecule has 1 heterocycles. The lowest BCUT2D eigenvalue weighted by Gasteiger charge is -2.33. The van der Waals surface area contributed by atoms with Crippen molar-refractivity contribution in [1.82, 2.24) is 4.90 Å². The summed E-state index contributed by atoms with van der Waals surface area (Å²) in [5.74, 6) is 0.0609. The van der Waals surface area contributed by atoms with Gasteiger partial charge in [0.15, 0.2) is 0 Å². The van der Waals surface area contributed by atoms with Crippen LogP contribution in [0.2, 0.25) is 0 Å². The molecule has 144 valence electrons. The van der Waals surface area contributed by atoms with Crippen molar-refractivity contribution in [3.05, 3.63) is 65.2 Å². The zero-order valence-electron chi connectivity index (χ0n) is 14.9. The minimum absolute atomic E-state index is 0.0400. The Bertz CT molecular complexity index is 804. The van der Waals surface area contributed by atoms with Crippen LogP contribution in [0.25, 0.3) is 0 Å². The zero-order chi connectivity index (χ0) is 19.4. The third-order valence-electron chi connectivity index (χ3n) is 5.04. The summed E-state index contributed by atoms with van der Waals surface area (Å²) in [4.78, 5) is 14.4. The molecule has 1 amide bonds. The van der Waals surface area contributed by atoms with Gasteiger partial charge in [0.1, 0.15) is 5.75 Å². The van der Waals surface area contributed by atoms with Crippen molar-refractivity contribution < 1.29 is 23.1 Å². The second kappa shape index (κ2) is 8.03. The van der Waals surface area contributed by atoms with Crippen LogP contribution >= 0.6 is 0 Å². The van der Waals surface area contributed by atoms with Gasteiger partial charge in [0.2, 0.25) is 0 Å². The number of hydrogen-bond donors (Lipinski definition) is 1. The molecule has 1 atom stereocenters. The summed E-state index contributed by atoms with van der Waals surface area (Å²) < 4.78 is 39.4. The van der Waals surface area contributed by atoms with Gasteiger partial charge < -0.3 is 10.0 Å². The molecule has 1 saturated heterocycles. The van der Waals surface area contributed by atoms with E-state index in [1.165, 1.54) is 24.3 Å². The number of hydrogen-bond acceptors (Lipinski definition) is 2. The van der Waals surface area contributed by atoms with Crippen LogP contribution in [0.4, 0.5) is 13.2 Å². The molecule has 1 unspecified atom stereocenters. The fraction of sp³-hybridized carbons (Fsp3) is 0.381. The third kappa shape index (κ3) is 4.81. The molecule has 1 aliphatic heterocycles. The van der Waals surface area contributed by atoms with Crippen LogP contribution in [0.1, 0.15) is 40.7 Å². The van der Waals surface area contributed by atoms with Crippen LogP contribution in [0.5, 0.6) is 5.75 Å². The normalized spacial score (nSPS) is 17.7. The van der Waals surface area contributed by atoms with Crippen LogP contribution in [0.3, 0.4) is 0 Å². The Morgan fingerprint density at radius 3 is 2.67 bits per heavy atom. The van der Waals surface area contributed by atoms with Gasteiger partial charge >= 0.3 is 6.18 Å². The van der Waals surface area contributed by atoms with E-state index in [2.05, 4.69) is 0 Å². The van der Waals surface area contributed by atoms with Crippen LogP contribution in [0, 0.1) is 5.92 Å². The minimum atomic E-state index is -4.35. The van der Waals surface area contributed by atoms with Crippen molar-refractivity contribution in [3.63, 3.8) is 0 Å². The fourth-order valence-electron chi connectivity index (χ4n) is 3.68. The summed E-state index contributed by atoms with van der Waals surface area (Å²) in [6, 6.07) is 11.9. The third-order valence-corrected chi connectivity index (χ3v) is 5.04. The van der Waals surface area contributed by atoms with Gasteiger partial charge in [0, 0.05) is 18.7 Å². The standard InChI is InChI=1S/C21H22F3NO2/c22-21(23,24)19-9-2-1-6-16(19)11-10-15-5-4-12-25(14-15)20(27)17-7-3-8-18(26)13-17/h1-3,6-9,13,15,26H,4-5,10-12,14H2. The summed E-state index contributed by atoms with van der Waals surface area (Å²) in [7, 11) is 0. The van der Waals surface area contributed by atoms with E-state index >= 15 is 0 Å². The quantitative estimate of drug-likeness (QED) is 0.824. The maximum absolute atomic E-state index is 13.1. The molecule has 0 aliphatic carbocycles. The smallest absolute Gasteiger partial charge is 0.416 e. The number of carbonyl (C=O) groups excluding carboxylic acids is 1. The zero-order valence-corrected chi connectivity index (χ0v) is 14.9. The number of carbonyl (C=O) groups is 1. The largest absolute Gasteiger partial charge is 0.508 e. The molecular formula is C21H22F3NO2. The molecule has 6 heteroatoms. The first-order valence-electron chi connectivity index (χ1n) is 9.08. The van der Waals surface area contributed by atoms with E-state index in [9.17, 15) is 23.1 Å². The number of aromatic hydroxyl groups is 1. The number of rotatable bonds is 4. The lowest BCUT2D eigenvalue weighted by atomic mass is 9.90. The molecule has 0 spiro atoms. The monoisotopic (exact) mass is 377 g/mol.